The number of piperazine rings is 1. The Kier molecular flexibility index (Phi) is 11.0. The van der Waals surface area contributed by atoms with E-state index in [4.69, 9.17) is 4.74 Å². The molecule has 0 aromatic rings. The Labute approximate surface area is 142 Å². The van der Waals surface area contributed by atoms with Crippen molar-refractivity contribution in [3.05, 3.63) is 0 Å². The second-order valence-electron chi connectivity index (χ2n) is 6.10. The highest BCUT2D eigenvalue weighted by molar-refractivity contribution is 5.79. The molecule has 6 heteroatoms. The smallest absolute Gasteiger partial charge is 0.191 e. The van der Waals surface area contributed by atoms with Crippen LogP contribution in [0.25, 0.3) is 0 Å². The number of likely N-dealkylation sites (N-methyl/N-ethyl adjacent to an activating group) is 1. The van der Waals surface area contributed by atoms with E-state index in [1.54, 1.807) is 0 Å². The van der Waals surface area contributed by atoms with Crippen molar-refractivity contribution in [1.82, 2.24) is 20.4 Å². The van der Waals surface area contributed by atoms with Crippen LogP contribution in [0.1, 0.15) is 33.6 Å². The lowest BCUT2D eigenvalue weighted by Crippen LogP contribution is -2.53. The van der Waals surface area contributed by atoms with Gasteiger partial charge < -0.3 is 20.3 Å². The van der Waals surface area contributed by atoms with Crippen molar-refractivity contribution in [2.45, 2.75) is 39.7 Å². The first-order valence-electron chi connectivity index (χ1n) is 9.19. The molecule has 0 aromatic carbocycles. The van der Waals surface area contributed by atoms with Crippen molar-refractivity contribution in [2.75, 3.05) is 66.1 Å². The van der Waals surface area contributed by atoms with Gasteiger partial charge in [0.05, 0.1) is 0 Å². The van der Waals surface area contributed by atoms with Gasteiger partial charge in [0.15, 0.2) is 5.96 Å². The van der Waals surface area contributed by atoms with Crippen molar-refractivity contribution >= 4 is 5.96 Å². The zero-order valence-electron chi connectivity index (χ0n) is 15.6. The number of nitrogens with zero attached hydrogens (tertiary/aromatic N) is 3. The molecule has 0 bridgehead atoms. The molecule has 0 amide bonds. The molecular weight excluding hydrogens is 290 g/mol. The van der Waals surface area contributed by atoms with Crippen molar-refractivity contribution in [2.24, 2.45) is 4.99 Å². The van der Waals surface area contributed by atoms with E-state index < -0.39 is 0 Å². The van der Waals surface area contributed by atoms with Gasteiger partial charge in [0.25, 0.3) is 0 Å². The van der Waals surface area contributed by atoms with Gasteiger partial charge in [0, 0.05) is 65.6 Å². The van der Waals surface area contributed by atoms with E-state index in [0.717, 1.165) is 45.1 Å². The Morgan fingerprint density at radius 2 is 1.87 bits per heavy atom. The number of aliphatic imine (C=N–C) groups is 1. The molecule has 0 aliphatic carbocycles. The number of unbranched alkanes of at least 4 members (excludes halogenated alkanes) is 1. The summed E-state index contributed by atoms with van der Waals surface area (Å²) in [5.41, 5.74) is 0. The van der Waals surface area contributed by atoms with E-state index in [0.29, 0.717) is 6.04 Å². The summed E-state index contributed by atoms with van der Waals surface area (Å²) >= 11 is 0. The largest absolute Gasteiger partial charge is 0.382 e. The summed E-state index contributed by atoms with van der Waals surface area (Å²) in [5, 5.41) is 6.82. The van der Waals surface area contributed by atoms with Gasteiger partial charge in [0.1, 0.15) is 0 Å². The van der Waals surface area contributed by atoms with Gasteiger partial charge in [0.2, 0.25) is 0 Å². The first kappa shape index (κ1) is 20.2. The van der Waals surface area contributed by atoms with Gasteiger partial charge in [-0.15, -0.1) is 0 Å². The molecular formula is C17H37N5O. The normalized spacial score (nSPS) is 18.9. The summed E-state index contributed by atoms with van der Waals surface area (Å²) < 4.78 is 5.35. The number of rotatable bonds is 10. The lowest BCUT2D eigenvalue weighted by molar-refractivity contribution is 0.107. The summed E-state index contributed by atoms with van der Waals surface area (Å²) in [7, 11) is 1.83. The lowest BCUT2D eigenvalue weighted by atomic mass is 10.2. The SMILES string of the molecule is CCOCCCCNC(=NC)NCC(C)N1CCN(CC)CC1. The predicted octanol–water partition coefficient (Wildman–Crippen LogP) is 0.994. The summed E-state index contributed by atoms with van der Waals surface area (Å²) in [6, 6.07) is 0.533. The maximum Gasteiger partial charge on any atom is 0.191 e. The number of nitrogens with one attached hydrogen (secondary N) is 2. The third kappa shape index (κ3) is 8.53. The Morgan fingerprint density at radius 1 is 1.13 bits per heavy atom. The van der Waals surface area contributed by atoms with Crippen LogP contribution in [0.15, 0.2) is 4.99 Å². The summed E-state index contributed by atoms with van der Waals surface area (Å²) in [5.74, 6) is 0.903. The van der Waals surface area contributed by atoms with E-state index in [-0.39, 0.29) is 0 Å². The first-order valence-corrected chi connectivity index (χ1v) is 9.19. The standard InChI is InChI=1S/C17H37N5O/c1-5-21-10-12-22(13-11-21)16(3)15-20-17(18-4)19-9-7-8-14-23-6-2/h16H,5-15H2,1-4H3,(H2,18,19,20). The van der Waals surface area contributed by atoms with Gasteiger partial charge in [-0.25, -0.2) is 0 Å². The molecule has 0 spiro atoms. The zero-order valence-corrected chi connectivity index (χ0v) is 15.6. The number of hydrogen-bond donors (Lipinski definition) is 2. The van der Waals surface area contributed by atoms with Crippen LogP contribution < -0.4 is 10.6 Å². The van der Waals surface area contributed by atoms with Gasteiger partial charge in [-0.05, 0) is 33.2 Å². The highest BCUT2D eigenvalue weighted by Crippen LogP contribution is 2.05. The zero-order chi connectivity index (χ0) is 16.9. The third-order valence-corrected chi connectivity index (χ3v) is 4.48. The Morgan fingerprint density at radius 3 is 2.48 bits per heavy atom. The molecule has 1 heterocycles. The van der Waals surface area contributed by atoms with E-state index >= 15 is 0 Å². The van der Waals surface area contributed by atoms with Crippen LogP contribution in [-0.4, -0.2) is 87.9 Å². The molecule has 1 aliphatic heterocycles. The molecule has 1 rings (SSSR count). The molecule has 1 unspecified atom stereocenters. The second-order valence-corrected chi connectivity index (χ2v) is 6.10. The Bertz CT molecular complexity index is 316. The molecule has 136 valence electrons. The third-order valence-electron chi connectivity index (χ3n) is 4.48. The van der Waals surface area contributed by atoms with Gasteiger partial charge in [-0.2, -0.15) is 0 Å². The minimum atomic E-state index is 0.533. The fraction of sp³-hybridized carbons (Fsp3) is 0.941. The number of guanidine groups is 1. The molecule has 1 atom stereocenters. The van der Waals surface area contributed by atoms with Crippen LogP contribution in [0, 0.1) is 0 Å². The van der Waals surface area contributed by atoms with Crippen LogP contribution in [0.5, 0.6) is 0 Å². The van der Waals surface area contributed by atoms with E-state index in [9.17, 15) is 0 Å². The van der Waals surface area contributed by atoms with Crippen molar-refractivity contribution in [1.29, 1.82) is 0 Å². The van der Waals surface area contributed by atoms with Crippen molar-refractivity contribution < 1.29 is 4.74 Å². The molecule has 2 N–H and O–H groups in total. The number of hydrogen-bond acceptors (Lipinski definition) is 4. The molecule has 1 saturated heterocycles. The quantitative estimate of drug-likeness (QED) is 0.356. The Balaban J connectivity index is 2.13. The highest BCUT2D eigenvalue weighted by atomic mass is 16.5. The second kappa shape index (κ2) is 12.6. The number of ether oxygens (including phenoxy) is 1. The molecule has 0 radical (unpaired) electrons. The van der Waals surface area contributed by atoms with Gasteiger partial charge in [-0.3, -0.25) is 9.89 Å². The molecule has 1 fully saturated rings. The average molecular weight is 328 g/mol. The topological polar surface area (TPSA) is 52.1 Å². The van der Waals surface area contributed by atoms with E-state index in [1.165, 1.54) is 32.7 Å². The molecule has 1 aliphatic rings. The van der Waals surface area contributed by atoms with E-state index in [1.807, 2.05) is 14.0 Å². The van der Waals surface area contributed by atoms with Crippen LogP contribution >= 0.6 is 0 Å². The van der Waals surface area contributed by atoms with Gasteiger partial charge >= 0.3 is 0 Å². The molecule has 6 nitrogen and oxygen atoms in total. The summed E-state index contributed by atoms with van der Waals surface area (Å²) in [6.07, 6.45) is 2.20. The molecule has 23 heavy (non-hydrogen) atoms. The van der Waals surface area contributed by atoms with Crippen LogP contribution in [-0.2, 0) is 4.74 Å². The Hall–Kier alpha value is -0.850. The van der Waals surface area contributed by atoms with Crippen molar-refractivity contribution in [3.63, 3.8) is 0 Å². The summed E-state index contributed by atoms with van der Waals surface area (Å²) in [6.45, 7) is 16.0. The average Bonchev–Trinajstić information content (AvgIpc) is 2.60. The fourth-order valence-electron chi connectivity index (χ4n) is 2.79. The van der Waals surface area contributed by atoms with Crippen LogP contribution in [0.3, 0.4) is 0 Å². The van der Waals surface area contributed by atoms with Crippen LogP contribution in [0.4, 0.5) is 0 Å². The van der Waals surface area contributed by atoms with E-state index in [2.05, 4.69) is 39.3 Å². The van der Waals surface area contributed by atoms with Crippen LogP contribution in [0.2, 0.25) is 0 Å². The maximum absolute atomic E-state index is 5.35. The highest BCUT2D eigenvalue weighted by Gasteiger charge is 2.20. The maximum atomic E-state index is 5.35. The minimum absolute atomic E-state index is 0.533. The fourth-order valence-corrected chi connectivity index (χ4v) is 2.79. The monoisotopic (exact) mass is 327 g/mol. The minimum Gasteiger partial charge on any atom is -0.382 e. The molecule has 0 aromatic heterocycles. The van der Waals surface area contributed by atoms with Crippen molar-refractivity contribution in [3.8, 4) is 0 Å². The lowest BCUT2D eigenvalue weighted by Gasteiger charge is -2.37. The van der Waals surface area contributed by atoms with Gasteiger partial charge in [-0.1, -0.05) is 6.92 Å². The summed E-state index contributed by atoms with van der Waals surface area (Å²) in [4.78, 5) is 9.38. The molecule has 0 saturated carbocycles. The predicted molar refractivity (Wildman–Crippen MR) is 98.2 cm³/mol. The first-order chi connectivity index (χ1) is 11.2.